The van der Waals surface area contributed by atoms with Crippen LogP contribution in [0.5, 0.6) is 0 Å². The smallest absolute Gasteiger partial charge is 0.348 e. The summed E-state index contributed by atoms with van der Waals surface area (Å²) < 4.78 is 14.9. The summed E-state index contributed by atoms with van der Waals surface area (Å²) in [7, 11) is 2.40. The number of carbonyl (C=O) groups excluding carboxylic acids is 4. The van der Waals surface area contributed by atoms with Gasteiger partial charge < -0.3 is 24.8 Å². The van der Waals surface area contributed by atoms with Crippen molar-refractivity contribution < 1.29 is 33.4 Å². The molecule has 0 bridgehead atoms. The number of nitrogen functional groups attached to an aromatic ring is 1. The van der Waals surface area contributed by atoms with Crippen molar-refractivity contribution in [3.63, 3.8) is 0 Å². The first-order chi connectivity index (χ1) is 16.3. The van der Waals surface area contributed by atoms with Gasteiger partial charge in [-0.15, -0.1) is 11.3 Å². The molecule has 0 spiro atoms. The van der Waals surface area contributed by atoms with Crippen LogP contribution in [-0.2, 0) is 30.4 Å². The number of methoxy groups -OCH3 is 2. The molecule has 2 heterocycles. The van der Waals surface area contributed by atoms with Crippen molar-refractivity contribution in [2.45, 2.75) is 19.4 Å². The van der Waals surface area contributed by atoms with E-state index in [4.69, 9.17) is 19.9 Å². The molecule has 34 heavy (non-hydrogen) atoms. The number of nitrogens with two attached hydrogens (primary N) is 1. The number of ether oxygens (including phenoxy) is 3. The lowest BCUT2D eigenvalue weighted by Crippen LogP contribution is -2.39. The number of amides is 1. The van der Waals surface area contributed by atoms with Crippen LogP contribution in [-0.4, -0.2) is 56.0 Å². The van der Waals surface area contributed by atoms with Gasteiger partial charge in [0.15, 0.2) is 0 Å². The Hall–Kier alpha value is -3.66. The van der Waals surface area contributed by atoms with Gasteiger partial charge in [0, 0.05) is 24.7 Å². The molecule has 9 nitrogen and oxygen atoms in total. The lowest BCUT2D eigenvalue weighted by Gasteiger charge is -2.30. The van der Waals surface area contributed by atoms with Crippen LogP contribution in [0.3, 0.4) is 0 Å². The molecule has 1 aromatic carbocycles. The molecular weight excluding hydrogens is 460 g/mol. The monoisotopic (exact) mass is 486 g/mol. The van der Waals surface area contributed by atoms with Gasteiger partial charge in [0.05, 0.1) is 20.1 Å². The SMILES string of the molecule is COC(=O)c1sc(N)c(C(=O)OC)c1COC(=O)C1CCN(C(=O)/C=C/c2ccccc2)CC1. The van der Waals surface area contributed by atoms with Crippen molar-refractivity contribution in [1.82, 2.24) is 4.90 Å². The van der Waals surface area contributed by atoms with Crippen LogP contribution in [0.25, 0.3) is 6.08 Å². The largest absolute Gasteiger partial charge is 0.465 e. The number of thiophene rings is 1. The van der Waals surface area contributed by atoms with Crippen molar-refractivity contribution in [3.8, 4) is 0 Å². The van der Waals surface area contributed by atoms with Crippen LogP contribution in [0, 0.1) is 5.92 Å². The molecule has 0 radical (unpaired) electrons. The fourth-order valence-electron chi connectivity index (χ4n) is 3.64. The Bertz CT molecular complexity index is 1090. The number of anilines is 1. The Morgan fingerprint density at radius 2 is 1.71 bits per heavy atom. The molecule has 180 valence electrons. The van der Waals surface area contributed by atoms with Crippen molar-refractivity contribution >= 4 is 46.2 Å². The minimum Gasteiger partial charge on any atom is -0.465 e. The van der Waals surface area contributed by atoms with Crippen molar-refractivity contribution in [2.24, 2.45) is 5.92 Å². The van der Waals surface area contributed by atoms with Crippen molar-refractivity contribution in [3.05, 3.63) is 58.0 Å². The van der Waals surface area contributed by atoms with E-state index in [-0.39, 0.29) is 33.5 Å². The van der Waals surface area contributed by atoms with Gasteiger partial charge in [-0.3, -0.25) is 9.59 Å². The van der Waals surface area contributed by atoms with E-state index in [1.807, 2.05) is 30.3 Å². The van der Waals surface area contributed by atoms with E-state index in [1.165, 1.54) is 20.3 Å². The number of hydrogen-bond donors (Lipinski definition) is 1. The molecule has 1 aliphatic rings. The van der Waals surface area contributed by atoms with Gasteiger partial charge in [0.2, 0.25) is 5.91 Å². The summed E-state index contributed by atoms with van der Waals surface area (Å²) in [5, 5.41) is 0.0775. The molecule has 10 heteroatoms. The first kappa shape index (κ1) is 25.0. The molecule has 1 amide bonds. The van der Waals surface area contributed by atoms with Crippen molar-refractivity contribution in [2.75, 3.05) is 33.0 Å². The minimum absolute atomic E-state index is 0.00804. The summed E-state index contributed by atoms with van der Waals surface area (Å²) in [4.78, 5) is 51.1. The van der Waals surface area contributed by atoms with Gasteiger partial charge in [-0.1, -0.05) is 30.3 Å². The molecule has 0 saturated carbocycles. The van der Waals surface area contributed by atoms with Crippen LogP contribution < -0.4 is 5.73 Å². The van der Waals surface area contributed by atoms with E-state index < -0.39 is 23.8 Å². The molecule has 1 aromatic heterocycles. The molecule has 0 aliphatic carbocycles. The standard InChI is InChI=1S/C24H26N2O7S/c1-31-23(29)19-17(20(24(30)32-2)34-21(19)25)14-33-22(28)16-10-12-26(13-11-16)18(27)9-8-15-6-4-3-5-7-15/h3-9,16H,10-14,25H2,1-2H3/b9-8+. The van der Waals surface area contributed by atoms with Crippen molar-refractivity contribution in [1.29, 1.82) is 0 Å². The van der Waals surface area contributed by atoms with Gasteiger partial charge in [-0.2, -0.15) is 0 Å². The number of nitrogens with zero attached hydrogens (tertiary/aromatic N) is 1. The van der Waals surface area contributed by atoms with Crippen LogP contribution in [0.1, 0.15) is 44.0 Å². The highest BCUT2D eigenvalue weighted by molar-refractivity contribution is 7.18. The molecule has 0 atom stereocenters. The number of carbonyl (C=O) groups is 4. The number of rotatable bonds is 7. The zero-order chi connectivity index (χ0) is 24.7. The second-order valence-corrected chi connectivity index (χ2v) is 8.64. The quantitative estimate of drug-likeness (QED) is 0.360. The number of benzene rings is 1. The average Bonchev–Trinajstić information content (AvgIpc) is 3.21. The summed E-state index contributed by atoms with van der Waals surface area (Å²) in [6, 6.07) is 9.51. The number of hydrogen-bond acceptors (Lipinski definition) is 9. The molecular formula is C24H26N2O7S. The Kier molecular flexibility index (Phi) is 8.42. The van der Waals surface area contributed by atoms with Crippen LogP contribution >= 0.6 is 11.3 Å². The first-order valence-corrected chi connectivity index (χ1v) is 11.4. The Labute approximate surface area is 201 Å². The molecule has 2 N–H and O–H groups in total. The third-order valence-electron chi connectivity index (χ3n) is 5.51. The number of piperidine rings is 1. The van der Waals surface area contributed by atoms with E-state index in [9.17, 15) is 19.2 Å². The fraction of sp³-hybridized carbons (Fsp3) is 0.333. The third-order valence-corrected chi connectivity index (χ3v) is 6.55. The lowest BCUT2D eigenvalue weighted by atomic mass is 9.97. The summed E-state index contributed by atoms with van der Waals surface area (Å²) in [6.45, 7) is 0.522. The third kappa shape index (κ3) is 5.82. The summed E-state index contributed by atoms with van der Waals surface area (Å²) in [6.07, 6.45) is 4.18. The van der Waals surface area contributed by atoms with E-state index in [2.05, 4.69) is 0 Å². The number of likely N-dealkylation sites (tertiary alicyclic amines) is 1. The van der Waals surface area contributed by atoms with Gasteiger partial charge in [-0.25, -0.2) is 9.59 Å². The highest BCUT2D eigenvalue weighted by atomic mass is 32.1. The van der Waals surface area contributed by atoms with Gasteiger partial charge in [0.1, 0.15) is 22.0 Å². The van der Waals surface area contributed by atoms with Gasteiger partial charge in [0.25, 0.3) is 0 Å². The molecule has 2 aromatic rings. The average molecular weight is 487 g/mol. The summed E-state index contributed by atoms with van der Waals surface area (Å²) >= 11 is 0.872. The molecule has 0 unspecified atom stereocenters. The molecule has 1 fully saturated rings. The fourth-order valence-corrected chi connectivity index (χ4v) is 4.62. The maximum Gasteiger partial charge on any atom is 0.348 e. The maximum atomic E-state index is 12.7. The topological polar surface area (TPSA) is 125 Å². The summed E-state index contributed by atoms with van der Waals surface area (Å²) in [5.41, 5.74) is 6.98. The predicted octanol–water partition coefficient (Wildman–Crippen LogP) is 2.90. The zero-order valence-electron chi connectivity index (χ0n) is 18.9. The summed E-state index contributed by atoms with van der Waals surface area (Å²) in [5.74, 6) is -2.40. The highest BCUT2D eigenvalue weighted by Gasteiger charge is 2.31. The van der Waals surface area contributed by atoms with Gasteiger partial charge >= 0.3 is 17.9 Å². The zero-order valence-corrected chi connectivity index (χ0v) is 19.8. The maximum absolute atomic E-state index is 12.7. The lowest BCUT2D eigenvalue weighted by molar-refractivity contribution is -0.152. The van der Waals surface area contributed by atoms with E-state index in [0.717, 1.165) is 16.9 Å². The second-order valence-electron chi connectivity index (χ2n) is 7.58. The van der Waals surface area contributed by atoms with E-state index in [0.29, 0.717) is 25.9 Å². The molecule has 1 saturated heterocycles. The highest BCUT2D eigenvalue weighted by Crippen LogP contribution is 2.33. The Balaban J connectivity index is 1.59. The first-order valence-electron chi connectivity index (χ1n) is 10.6. The van der Waals surface area contributed by atoms with Crippen LogP contribution in [0.4, 0.5) is 5.00 Å². The predicted molar refractivity (Wildman–Crippen MR) is 126 cm³/mol. The van der Waals surface area contributed by atoms with E-state index in [1.54, 1.807) is 11.0 Å². The minimum atomic E-state index is -0.731. The Morgan fingerprint density at radius 3 is 2.32 bits per heavy atom. The van der Waals surface area contributed by atoms with Crippen LogP contribution in [0.15, 0.2) is 36.4 Å². The van der Waals surface area contributed by atoms with E-state index >= 15 is 0 Å². The normalized spacial score (nSPS) is 14.1. The number of esters is 3. The molecule has 3 rings (SSSR count). The van der Waals surface area contributed by atoms with Crippen LogP contribution in [0.2, 0.25) is 0 Å². The molecule has 1 aliphatic heterocycles. The Morgan fingerprint density at radius 1 is 1.06 bits per heavy atom. The van der Waals surface area contributed by atoms with Gasteiger partial charge in [-0.05, 0) is 24.5 Å². The second kappa shape index (κ2) is 11.5.